The second-order valence-corrected chi connectivity index (χ2v) is 5.12. The lowest BCUT2D eigenvalue weighted by atomic mass is 10.0. The van der Waals surface area contributed by atoms with Crippen molar-refractivity contribution in [3.05, 3.63) is 42.6 Å². The van der Waals surface area contributed by atoms with Gasteiger partial charge in [-0.1, -0.05) is 0 Å². The molecule has 0 N–H and O–H groups in total. The molecule has 110 valence electrons. The summed E-state index contributed by atoms with van der Waals surface area (Å²) in [6.07, 6.45) is 9.19. The minimum atomic E-state index is -0.0234. The van der Waals surface area contributed by atoms with Gasteiger partial charge in [-0.05, 0) is 25.0 Å². The molecule has 2 aromatic rings. The van der Waals surface area contributed by atoms with E-state index in [0.29, 0.717) is 18.0 Å². The summed E-state index contributed by atoms with van der Waals surface area (Å²) in [5, 5.41) is 0. The fourth-order valence-corrected chi connectivity index (χ4v) is 2.75. The van der Waals surface area contributed by atoms with Crippen LogP contribution in [0.25, 0.3) is 0 Å². The smallest absolute Gasteiger partial charge is 0.259 e. The first-order chi connectivity index (χ1) is 10.3. The molecule has 1 atom stereocenters. The number of methoxy groups -OCH3 is 1. The van der Waals surface area contributed by atoms with E-state index in [9.17, 15) is 4.79 Å². The summed E-state index contributed by atoms with van der Waals surface area (Å²) in [5.74, 6) is 0.358. The average molecular weight is 286 g/mol. The van der Waals surface area contributed by atoms with Crippen LogP contribution in [0.4, 0.5) is 0 Å². The Kier molecular flexibility index (Phi) is 3.85. The number of likely N-dealkylation sites (tertiary alicyclic amines) is 1. The number of aromatic nitrogens is 3. The van der Waals surface area contributed by atoms with E-state index in [0.717, 1.165) is 19.4 Å². The van der Waals surface area contributed by atoms with Gasteiger partial charge in [0.25, 0.3) is 5.91 Å². The predicted molar refractivity (Wildman–Crippen MR) is 77.2 cm³/mol. The fourth-order valence-electron chi connectivity index (χ4n) is 2.75. The fraction of sp³-hybridized carbons (Fsp3) is 0.400. The van der Waals surface area contributed by atoms with Crippen LogP contribution < -0.4 is 4.74 Å². The number of carbonyl (C=O) groups excluding carboxylic acids is 1. The van der Waals surface area contributed by atoms with Crippen molar-refractivity contribution in [1.29, 1.82) is 0 Å². The van der Waals surface area contributed by atoms with Gasteiger partial charge in [0.15, 0.2) is 0 Å². The van der Waals surface area contributed by atoms with Gasteiger partial charge in [0.05, 0.1) is 19.5 Å². The number of pyridine rings is 1. The maximum atomic E-state index is 12.7. The molecule has 0 saturated carbocycles. The Bertz CT molecular complexity index is 612. The monoisotopic (exact) mass is 286 g/mol. The maximum absolute atomic E-state index is 12.7. The van der Waals surface area contributed by atoms with Crippen molar-refractivity contribution < 1.29 is 9.53 Å². The minimum Gasteiger partial charge on any atom is -0.480 e. The quantitative estimate of drug-likeness (QED) is 0.862. The number of hydrogen-bond acceptors (Lipinski definition) is 4. The van der Waals surface area contributed by atoms with Gasteiger partial charge in [0, 0.05) is 31.7 Å². The van der Waals surface area contributed by atoms with E-state index in [2.05, 4.69) is 14.5 Å². The SMILES string of the molecule is COc1ncccc1C(=O)N1CCCC(n2ccnc2)C1. The average Bonchev–Trinajstić information content (AvgIpc) is 3.09. The highest BCUT2D eigenvalue weighted by molar-refractivity contribution is 5.96. The lowest BCUT2D eigenvalue weighted by molar-refractivity contribution is 0.0675. The summed E-state index contributed by atoms with van der Waals surface area (Å²) in [4.78, 5) is 22.7. The second-order valence-electron chi connectivity index (χ2n) is 5.12. The van der Waals surface area contributed by atoms with Crippen molar-refractivity contribution in [2.45, 2.75) is 18.9 Å². The zero-order valence-electron chi connectivity index (χ0n) is 12.0. The Hall–Kier alpha value is -2.37. The predicted octanol–water partition coefficient (Wildman–Crippen LogP) is 1.76. The van der Waals surface area contributed by atoms with Crippen molar-refractivity contribution in [3.8, 4) is 5.88 Å². The van der Waals surface area contributed by atoms with Crippen molar-refractivity contribution >= 4 is 5.91 Å². The maximum Gasteiger partial charge on any atom is 0.259 e. The molecule has 1 saturated heterocycles. The van der Waals surface area contributed by atoms with Crippen molar-refractivity contribution in [3.63, 3.8) is 0 Å². The molecule has 3 rings (SSSR count). The summed E-state index contributed by atoms with van der Waals surface area (Å²) < 4.78 is 7.25. The molecular formula is C15H18N4O2. The van der Waals surface area contributed by atoms with Crippen LogP contribution in [0.5, 0.6) is 5.88 Å². The molecule has 2 aromatic heterocycles. The number of imidazole rings is 1. The minimum absolute atomic E-state index is 0.0234. The van der Waals surface area contributed by atoms with E-state index in [1.165, 1.54) is 7.11 Å². The third kappa shape index (κ3) is 2.74. The van der Waals surface area contributed by atoms with E-state index >= 15 is 0 Å². The molecule has 0 spiro atoms. The molecule has 1 amide bonds. The summed E-state index contributed by atoms with van der Waals surface area (Å²) in [7, 11) is 1.53. The van der Waals surface area contributed by atoms with Gasteiger partial charge in [-0.3, -0.25) is 4.79 Å². The first kappa shape index (κ1) is 13.6. The lowest BCUT2D eigenvalue weighted by Crippen LogP contribution is -2.40. The molecule has 0 radical (unpaired) electrons. The van der Waals surface area contributed by atoms with Gasteiger partial charge >= 0.3 is 0 Å². The normalized spacial score (nSPS) is 18.5. The Balaban J connectivity index is 1.78. The van der Waals surface area contributed by atoms with Gasteiger partial charge in [-0.2, -0.15) is 0 Å². The number of nitrogens with zero attached hydrogens (tertiary/aromatic N) is 4. The van der Waals surface area contributed by atoms with Crippen molar-refractivity contribution in [2.24, 2.45) is 0 Å². The van der Waals surface area contributed by atoms with Crippen LogP contribution in [0.3, 0.4) is 0 Å². The van der Waals surface area contributed by atoms with E-state index in [4.69, 9.17) is 4.74 Å². The van der Waals surface area contributed by atoms with Crippen LogP contribution in [0.15, 0.2) is 37.1 Å². The molecule has 1 unspecified atom stereocenters. The van der Waals surface area contributed by atoms with Crippen LogP contribution in [-0.4, -0.2) is 45.5 Å². The van der Waals surface area contributed by atoms with E-state index in [1.54, 1.807) is 24.5 Å². The van der Waals surface area contributed by atoms with Gasteiger partial charge in [-0.15, -0.1) is 0 Å². The molecule has 21 heavy (non-hydrogen) atoms. The zero-order chi connectivity index (χ0) is 14.7. The number of rotatable bonds is 3. The molecule has 6 heteroatoms. The highest BCUT2D eigenvalue weighted by Gasteiger charge is 2.27. The largest absolute Gasteiger partial charge is 0.480 e. The number of hydrogen-bond donors (Lipinski definition) is 0. The molecule has 1 aliphatic rings. The Morgan fingerprint density at radius 1 is 1.43 bits per heavy atom. The van der Waals surface area contributed by atoms with E-state index in [-0.39, 0.29) is 11.9 Å². The highest BCUT2D eigenvalue weighted by atomic mass is 16.5. The van der Waals surface area contributed by atoms with Crippen LogP contribution in [0.2, 0.25) is 0 Å². The van der Waals surface area contributed by atoms with Gasteiger partial charge in [-0.25, -0.2) is 9.97 Å². The number of piperidine rings is 1. The van der Waals surface area contributed by atoms with E-state index in [1.807, 2.05) is 17.4 Å². The molecule has 0 aliphatic carbocycles. The summed E-state index contributed by atoms with van der Waals surface area (Å²) in [6, 6.07) is 3.80. The summed E-state index contributed by atoms with van der Waals surface area (Å²) >= 11 is 0. The van der Waals surface area contributed by atoms with Crippen LogP contribution in [0, 0.1) is 0 Å². The topological polar surface area (TPSA) is 60.2 Å². The second kappa shape index (κ2) is 5.95. The highest BCUT2D eigenvalue weighted by Crippen LogP contribution is 2.24. The zero-order valence-corrected chi connectivity index (χ0v) is 12.0. The van der Waals surface area contributed by atoms with Gasteiger partial charge in [0.2, 0.25) is 5.88 Å². The number of carbonyl (C=O) groups is 1. The van der Waals surface area contributed by atoms with Gasteiger partial charge < -0.3 is 14.2 Å². The molecule has 3 heterocycles. The molecule has 1 fully saturated rings. The molecule has 6 nitrogen and oxygen atoms in total. The van der Waals surface area contributed by atoms with Crippen molar-refractivity contribution in [2.75, 3.05) is 20.2 Å². The third-order valence-electron chi connectivity index (χ3n) is 3.83. The Labute approximate surface area is 123 Å². The van der Waals surface area contributed by atoms with Gasteiger partial charge in [0.1, 0.15) is 5.56 Å². The van der Waals surface area contributed by atoms with Crippen LogP contribution >= 0.6 is 0 Å². The van der Waals surface area contributed by atoms with Crippen LogP contribution in [-0.2, 0) is 0 Å². The number of ether oxygens (including phenoxy) is 1. The molecule has 0 aromatic carbocycles. The number of amides is 1. The van der Waals surface area contributed by atoms with Crippen molar-refractivity contribution in [1.82, 2.24) is 19.4 Å². The summed E-state index contributed by atoms with van der Waals surface area (Å²) in [5.41, 5.74) is 0.520. The Morgan fingerprint density at radius 3 is 3.10 bits per heavy atom. The van der Waals surface area contributed by atoms with E-state index < -0.39 is 0 Å². The third-order valence-corrected chi connectivity index (χ3v) is 3.83. The first-order valence-electron chi connectivity index (χ1n) is 7.05. The molecule has 0 bridgehead atoms. The van der Waals surface area contributed by atoms with Crippen LogP contribution in [0.1, 0.15) is 29.2 Å². The lowest BCUT2D eigenvalue weighted by Gasteiger charge is -2.33. The summed E-state index contributed by atoms with van der Waals surface area (Å²) in [6.45, 7) is 1.45. The Morgan fingerprint density at radius 2 is 2.33 bits per heavy atom. The standard InChI is InChI=1S/C15H18N4O2/c1-21-14-13(5-2-6-17-14)15(20)18-8-3-4-12(10-18)19-9-7-16-11-19/h2,5-7,9,11-12H,3-4,8,10H2,1H3. The molecule has 1 aliphatic heterocycles. The molecular weight excluding hydrogens is 268 g/mol. The first-order valence-corrected chi connectivity index (χ1v) is 7.05.